The Bertz CT molecular complexity index is 924. The minimum absolute atomic E-state index is 0.00396. The highest BCUT2D eigenvalue weighted by molar-refractivity contribution is 5.92. The van der Waals surface area contributed by atoms with E-state index in [9.17, 15) is 18.0 Å². The van der Waals surface area contributed by atoms with E-state index in [0.717, 1.165) is 31.0 Å². The molecule has 2 aliphatic heterocycles. The van der Waals surface area contributed by atoms with Crippen molar-refractivity contribution in [2.75, 3.05) is 13.1 Å². The van der Waals surface area contributed by atoms with Crippen LogP contribution in [0, 0.1) is 0 Å². The molecule has 0 atom stereocenters. The highest BCUT2D eigenvalue weighted by atomic mass is 19.4. The average molecular weight is 439 g/mol. The second-order valence-corrected chi connectivity index (χ2v) is 7.51. The number of alkyl halides is 3. The maximum Gasteiger partial charge on any atom is 0.490 e. The summed E-state index contributed by atoms with van der Waals surface area (Å²) in [5.74, 6) is -2.76. The molecule has 0 saturated carbocycles. The third kappa shape index (κ3) is 5.60. The largest absolute Gasteiger partial charge is 0.490 e. The fraction of sp³-hybridized carbons (Fsp3) is 0.500. The Kier molecular flexibility index (Phi) is 6.94. The van der Waals surface area contributed by atoms with Crippen molar-refractivity contribution >= 4 is 11.9 Å². The summed E-state index contributed by atoms with van der Waals surface area (Å²) < 4.78 is 33.7. The first-order valence-electron chi connectivity index (χ1n) is 9.93. The van der Waals surface area contributed by atoms with Gasteiger partial charge in [0, 0.05) is 25.4 Å². The van der Waals surface area contributed by atoms with Gasteiger partial charge in [0.1, 0.15) is 5.69 Å². The molecule has 31 heavy (non-hydrogen) atoms. The number of carboxylic acid groups (broad SMARTS) is 1. The summed E-state index contributed by atoms with van der Waals surface area (Å²) in [7, 11) is 1.98. The summed E-state index contributed by atoms with van der Waals surface area (Å²) in [6.45, 7) is 4.47. The molecular formula is C20H24F3N5O3. The van der Waals surface area contributed by atoms with Crippen LogP contribution in [-0.2, 0) is 31.5 Å². The molecule has 0 unspecified atom stereocenters. The van der Waals surface area contributed by atoms with E-state index in [1.807, 2.05) is 28.8 Å². The Morgan fingerprint density at radius 1 is 1.13 bits per heavy atom. The van der Waals surface area contributed by atoms with E-state index in [0.29, 0.717) is 18.8 Å². The van der Waals surface area contributed by atoms with E-state index in [-0.39, 0.29) is 5.91 Å². The molecule has 1 saturated heterocycles. The molecule has 1 N–H and O–H groups in total. The normalized spacial score (nSPS) is 16.5. The number of rotatable bonds is 3. The predicted molar refractivity (Wildman–Crippen MR) is 104 cm³/mol. The van der Waals surface area contributed by atoms with E-state index >= 15 is 0 Å². The number of hydrogen-bond acceptors (Lipinski definition) is 5. The van der Waals surface area contributed by atoms with Gasteiger partial charge >= 0.3 is 12.1 Å². The summed E-state index contributed by atoms with van der Waals surface area (Å²) in [6.07, 6.45) is 0.474. The van der Waals surface area contributed by atoms with E-state index in [1.165, 1.54) is 24.8 Å². The molecule has 8 nitrogen and oxygen atoms in total. The fourth-order valence-corrected chi connectivity index (χ4v) is 3.72. The van der Waals surface area contributed by atoms with Crippen LogP contribution in [0.25, 0.3) is 0 Å². The van der Waals surface area contributed by atoms with Crippen molar-refractivity contribution in [2.24, 2.45) is 7.05 Å². The Morgan fingerprint density at radius 2 is 1.81 bits per heavy atom. The average Bonchev–Trinajstić information content (AvgIpc) is 3.30. The molecule has 0 aliphatic carbocycles. The number of amides is 1. The molecule has 1 amide bonds. The van der Waals surface area contributed by atoms with Crippen LogP contribution >= 0.6 is 0 Å². The van der Waals surface area contributed by atoms with Gasteiger partial charge < -0.3 is 10.0 Å². The van der Waals surface area contributed by atoms with E-state index < -0.39 is 12.1 Å². The van der Waals surface area contributed by atoms with Gasteiger partial charge in [0.15, 0.2) is 0 Å². The molecule has 2 aromatic heterocycles. The van der Waals surface area contributed by atoms with Gasteiger partial charge in [-0.3, -0.25) is 19.4 Å². The molecule has 0 bridgehead atoms. The van der Waals surface area contributed by atoms with Gasteiger partial charge in [0.25, 0.3) is 5.91 Å². The highest BCUT2D eigenvalue weighted by Gasteiger charge is 2.38. The molecule has 168 valence electrons. The van der Waals surface area contributed by atoms with Crippen LogP contribution in [0.4, 0.5) is 13.2 Å². The van der Waals surface area contributed by atoms with Crippen molar-refractivity contribution in [2.45, 2.75) is 45.1 Å². The van der Waals surface area contributed by atoms with Crippen LogP contribution in [-0.4, -0.2) is 60.8 Å². The number of aryl methyl sites for hydroxylation is 1. The zero-order valence-electron chi connectivity index (χ0n) is 17.1. The summed E-state index contributed by atoms with van der Waals surface area (Å²) in [4.78, 5) is 30.1. The van der Waals surface area contributed by atoms with Gasteiger partial charge in [-0.1, -0.05) is 12.5 Å². The highest BCUT2D eigenvalue weighted by Crippen LogP contribution is 2.28. The Labute approximate surface area is 177 Å². The standard InChI is InChI=1S/C18H23N5O.C2HF3O2/c1-21-17-13-23(18(24)15-7-3-4-8-19-15)11-14(17)16(20-21)12-22-9-5-2-6-10-22;3-2(4,5)1(6)7/h3-4,7-8H,2,5-6,9-13H2,1H3;(H,6,7). The maximum atomic E-state index is 12.6. The number of carbonyl (C=O) groups excluding carboxylic acids is 1. The van der Waals surface area contributed by atoms with Crippen LogP contribution in [0.3, 0.4) is 0 Å². The third-order valence-corrected chi connectivity index (χ3v) is 5.28. The second-order valence-electron chi connectivity index (χ2n) is 7.51. The van der Waals surface area contributed by atoms with Crippen molar-refractivity contribution in [3.63, 3.8) is 0 Å². The number of nitrogens with zero attached hydrogens (tertiary/aromatic N) is 5. The molecule has 0 aromatic carbocycles. The van der Waals surface area contributed by atoms with Gasteiger partial charge in [0.2, 0.25) is 0 Å². The number of halogens is 3. The number of hydrogen-bond donors (Lipinski definition) is 1. The van der Waals surface area contributed by atoms with E-state index in [1.54, 1.807) is 12.3 Å². The fourth-order valence-electron chi connectivity index (χ4n) is 3.72. The Balaban J connectivity index is 0.000000339. The summed E-state index contributed by atoms with van der Waals surface area (Å²) >= 11 is 0. The van der Waals surface area contributed by atoms with Crippen molar-refractivity contribution in [3.05, 3.63) is 47.0 Å². The number of pyridine rings is 1. The molecule has 4 heterocycles. The maximum absolute atomic E-state index is 12.6. The third-order valence-electron chi connectivity index (χ3n) is 5.28. The first-order chi connectivity index (χ1) is 14.7. The SMILES string of the molecule is Cn1nc(CN2CCCCC2)c2c1CN(C(=O)c1ccccn1)C2.O=C(O)C(F)(F)F. The first-order valence-corrected chi connectivity index (χ1v) is 9.93. The minimum atomic E-state index is -5.08. The number of aliphatic carboxylic acids is 1. The summed E-state index contributed by atoms with van der Waals surface area (Å²) in [5.41, 5.74) is 4.03. The van der Waals surface area contributed by atoms with E-state index in [2.05, 4.69) is 9.88 Å². The van der Waals surface area contributed by atoms with Crippen molar-refractivity contribution in [1.29, 1.82) is 0 Å². The van der Waals surface area contributed by atoms with E-state index in [4.69, 9.17) is 15.0 Å². The smallest absolute Gasteiger partial charge is 0.475 e. The zero-order chi connectivity index (χ0) is 22.6. The molecule has 2 aliphatic rings. The molecule has 11 heteroatoms. The molecule has 4 rings (SSSR count). The van der Waals surface area contributed by atoms with Crippen molar-refractivity contribution < 1.29 is 27.9 Å². The van der Waals surface area contributed by atoms with Crippen LogP contribution in [0.15, 0.2) is 24.4 Å². The Hall–Kier alpha value is -2.95. The molecule has 1 fully saturated rings. The van der Waals surface area contributed by atoms with Gasteiger partial charge in [-0.2, -0.15) is 18.3 Å². The van der Waals surface area contributed by atoms with Crippen LogP contribution in [0.1, 0.15) is 46.7 Å². The summed E-state index contributed by atoms with van der Waals surface area (Å²) in [5, 5.41) is 11.8. The molecule has 0 radical (unpaired) electrons. The molecule has 0 spiro atoms. The Morgan fingerprint density at radius 3 is 2.39 bits per heavy atom. The number of likely N-dealkylation sites (tertiary alicyclic amines) is 1. The molecular weight excluding hydrogens is 415 g/mol. The second kappa shape index (κ2) is 9.46. The predicted octanol–water partition coefficient (Wildman–Crippen LogP) is 2.59. The first kappa shape index (κ1) is 22.7. The van der Waals surface area contributed by atoms with Crippen molar-refractivity contribution in [1.82, 2.24) is 24.6 Å². The topological polar surface area (TPSA) is 91.6 Å². The number of carboxylic acids is 1. The lowest BCUT2D eigenvalue weighted by atomic mass is 10.1. The lowest BCUT2D eigenvalue weighted by Gasteiger charge is -2.26. The van der Waals surface area contributed by atoms with Crippen molar-refractivity contribution in [3.8, 4) is 0 Å². The lowest BCUT2D eigenvalue weighted by Crippen LogP contribution is -2.30. The molecule has 2 aromatic rings. The quantitative estimate of drug-likeness (QED) is 0.791. The van der Waals surface area contributed by atoms with Gasteiger partial charge in [-0.25, -0.2) is 4.79 Å². The van der Waals surface area contributed by atoms with Gasteiger partial charge in [-0.05, 0) is 38.1 Å². The number of fused-ring (bicyclic) bond motifs is 1. The lowest BCUT2D eigenvalue weighted by molar-refractivity contribution is -0.192. The van der Waals surface area contributed by atoms with Crippen LogP contribution in [0.2, 0.25) is 0 Å². The van der Waals surface area contributed by atoms with Crippen LogP contribution < -0.4 is 0 Å². The number of aromatic nitrogens is 3. The van der Waals surface area contributed by atoms with Gasteiger partial charge in [0.05, 0.1) is 24.5 Å². The van der Waals surface area contributed by atoms with Gasteiger partial charge in [-0.15, -0.1) is 0 Å². The number of piperidine rings is 1. The van der Waals surface area contributed by atoms with Crippen LogP contribution in [0.5, 0.6) is 0 Å². The zero-order valence-corrected chi connectivity index (χ0v) is 17.1. The minimum Gasteiger partial charge on any atom is -0.475 e. The summed E-state index contributed by atoms with van der Waals surface area (Å²) in [6, 6.07) is 5.46. The number of carbonyl (C=O) groups is 2. The monoisotopic (exact) mass is 439 g/mol.